The van der Waals surface area contributed by atoms with Crippen molar-refractivity contribution in [1.29, 1.82) is 0 Å². The summed E-state index contributed by atoms with van der Waals surface area (Å²) >= 11 is 1.33. The second-order valence-electron chi connectivity index (χ2n) is 6.19. The summed E-state index contributed by atoms with van der Waals surface area (Å²) in [6.45, 7) is 1.89. The monoisotopic (exact) mass is 377 g/mol. The zero-order valence-electron chi connectivity index (χ0n) is 14.5. The van der Waals surface area contributed by atoms with Crippen LogP contribution in [0, 0.1) is 12.7 Å². The van der Waals surface area contributed by atoms with Crippen LogP contribution in [0.2, 0.25) is 0 Å². The molecular weight excluding hydrogens is 361 g/mol. The SMILES string of the molecule is Cc1ccc(NC(=O)c2cc3cccnc3s2)c(-c2ccc(F)cc2)c1N. The lowest BCUT2D eigenvalue weighted by Gasteiger charge is -2.15. The first-order valence-electron chi connectivity index (χ1n) is 8.34. The molecule has 0 radical (unpaired) electrons. The Hall–Kier alpha value is -3.25. The third-order valence-corrected chi connectivity index (χ3v) is 5.42. The van der Waals surface area contributed by atoms with Crippen molar-refractivity contribution < 1.29 is 9.18 Å². The minimum atomic E-state index is -0.326. The summed E-state index contributed by atoms with van der Waals surface area (Å²) in [6, 6.07) is 15.3. The van der Waals surface area contributed by atoms with Gasteiger partial charge >= 0.3 is 0 Å². The van der Waals surface area contributed by atoms with Crippen LogP contribution in [0.4, 0.5) is 15.8 Å². The molecule has 2 aromatic heterocycles. The molecule has 4 rings (SSSR count). The molecule has 4 nitrogen and oxygen atoms in total. The predicted octanol–water partition coefficient (Wildman–Crippen LogP) is 5.25. The Morgan fingerprint density at radius 1 is 1.15 bits per heavy atom. The topological polar surface area (TPSA) is 68.0 Å². The number of amides is 1. The number of hydrogen-bond donors (Lipinski definition) is 2. The van der Waals surface area contributed by atoms with Gasteiger partial charge in [0.15, 0.2) is 0 Å². The molecule has 0 saturated carbocycles. The quantitative estimate of drug-likeness (QED) is 0.480. The molecule has 134 valence electrons. The lowest BCUT2D eigenvalue weighted by Crippen LogP contribution is -2.12. The average Bonchev–Trinajstić information content (AvgIpc) is 3.10. The summed E-state index contributed by atoms with van der Waals surface area (Å²) in [5.74, 6) is -0.557. The molecule has 0 aliphatic heterocycles. The number of fused-ring (bicyclic) bond motifs is 1. The number of nitrogens with two attached hydrogens (primary N) is 1. The molecule has 6 heteroatoms. The van der Waals surface area contributed by atoms with Crippen molar-refractivity contribution in [3.8, 4) is 11.1 Å². The molecular formula is C21H16FN3OS. The Balaban J connectivity index is 1.74. The number of hydrogen-bond acceptors (Lipinski definition) is 4. The predicted molar refractivity (Wildman–Crippen MR) is 109 cm³/mol. The molecule has 0 aliphatic carbocycles. The Bertz CT molecular complexity index is 1120. The van der Waals surface area contributed by atoms with Gasteiger partial charge in [-0.2, -0.15) is 0 Å². The largest absolute Gasteiger partial charge is 0.398 e. The summed E-state index contributed by atoms with van der Waals surface area (Å²) in [4.78, 5) is 18.4. The van der Waals surface area contributed by atoms with Gasteiger partial charge in [0.25, 0.3) is 5.91 Å². The van der Waals surface area contributed by atoms with Crippen LogP contribution >= 0.6 is 11.3 Å². The summed E-state index contributed by atoms with van der Waals surface area (Å²) < 4.78 is 13.3. The van der Waals surface area contributed by atoms with Gasteiger partial charge in [-0.3, -0.25) is 4.79 Å². The van der Waals surface area contributed by atoms with Gasteiger partial charge < -0.3 is 11.1 Å². The number of nitrogen functional groups attached to an aromatic ring is 1. The lowest BCUT2D eigenvalue weighted by atomic mass is 9.98. The first-order chi connectivity index (χ1) is 13.0. The Labute approximate surface area is 159 Å². The smallest absolute Gasteiger partial charge is 0.265 e. The second kappa shape index (κ2) is 6.81. The first kappa shape index (κ1) is 17.2. The Morgan fingerprint density at radius 2 is 1.93 bits per heavy atom. The van der Waals surface area contributed by atoms with Gasteiger partial charge in [-0.05, 0) is 48.4 Å². The van der Waals surface area contributed by atoms with Crippen LogP contribution in [-0.2, 0) is 0 Å². The van der Waals surface area contributed by atoms with Crippen LogP contribution in [0.25, 0.3) is 21.3 Å². The highest BCUT2D eigenvalue weighted by Gasteiger charge is 2.16. The normalized spacial score (nSPS) is 10.9. The molecule has 27 heavy (non-hydrogen) atoms. The molecule has 0 aliphatic rings. The van der Waals surface area contributed by atoms with E-state index in [0.29, 0.717) is 21.8 Å². The Morgan fingerprint density at radius 3 is 2.67 bits per heavy atom. The van der Waals surface area contributed by atoms with E-state index in [0.717, 1.165) is 21.3 Å². The van der Waals surface area contributed by atoms with Crippen LogP contribution in [-0.4, -0.2) is 10.9 Å². The van der Waals surface area contributed by atoms with Gasteiger partial charge in [0, 0.05) is 22.8 Å². The third kappa shape index (κ3) is 3.27. The van der Waals surface area contributed by atoms with Crippen LogP contribution in [0.5, 0.6) is 0 Å². The van der Waals surface area contributed by atoms with E-state index in [1.807, 2.05) is 37.3 Å². The van der Waals surface area contributed by atoms with E-state index in [2.05, 4.69) is 10.3 Å². The van der Waals surface area contributed by atoms with Crippen molar-refractivity contribution in [2.24, 2.45) is 0 Å². The maximum atomic E-state index is 13.3. The second-order valence-corrected chi connectivity index (χ2v) is 7.22. The van der Waals surface area contributed by atoms with Crippen molar-refractivity contribution >= 4 is 38.8 Å². The number of anilines is 2. The van der Waals surface area contributed by atoms with Gasteiger partial charge in [-0.25, -0.2) is 9.37 Å². The van der Waals surface area contributed by atoms with E-state index in [4.69, 9.17) is 5.73 Å². The molecule has 1 amide bonds. The fourth-order valence-corrected chi connectivity index (χ4v) is 3.82. The fraction of sp³-hybridized carbons (Fsp3) is 0.0476. The summed E-state index contributed by atoms with van der Waals surface area (Å²) in [7, 11) is 0. The van der Waals surface area contributed by atoms with Crippen molar-refractivity contribution in [3.05, 3.63) is 77.1 Å². The van der Waals surface area contributed by atoms with E-state index in [9.17, 15) is 9.18 Å². The highest BCUT2D eigenvalue weighted by atomic mass is 32.1. The minimum Gasteiger partial charge on any atom is -0.398 e. The fourth-order valence-electron chi connectivity index (χ4n) is 2.92. The standard InChI is InChI=1S/C21H16FN3OS/c1-12-4-9-16(18(19(12)23)13-5-7-15(22)8-6-13)25-20(26)17-11-14-3-2-10-24-21(14)27-17/h2-11H,23H2,1H3,(H,25,26). The van der Waals surface area contributed by atoms with Crippen molar-refractivity contribution in [2.45, 2.75) is 6.92 Å². The number of carbonyl (C=O) groups excluding carboxylic acids is 1. The maximum Gasteiger partial charge on any atom is 0.265 e. The molecule has 0 atom stereocenters. The summed E-state index contributed by atoms with van der Waals surface area (Å²) in [6.07, 6.45) is 1.70. The number of pyridine rings is 1. The summed E-state index contributed by atoms with van der Waals surface area (Å²) in [5, 5.41) is 3.86. The van der Waals surface area contributed by atoms with Gasteiger partial charge in [-0.15, -0.1) is 11.3 Å². The van der Waals surface area contributed by atoms with Gasteiger partial charge in [0.1, 0.15) is 10.6 Å². The zero-order chi connectivity index (χ0) is 19.0. The van der Waals surface area contributed by atoms with Crippen molar-refractivity contribution in [2.75, 3.05) is 11.1 Å². The number of aryl methyl sites for hydroxylation is 1. The molecule has 0 fully saturated rings. The van der Waals surface area contributed by atoms with Crippen molar-refractivity contribution in [1.82, 2.24) is 4.98 Å². The molecule has 4 aromatic rings. The van der Waals surface area contributed by atoms with Crippen LogP contribution < -0.4 is 11.1 Å². The van der Waals surface area contributed by atoms with E-state index in [1.54, 1.807) is 18.3 Å². The van der Waals surface area contributed by atoms with E-state index >= 15 is 0 Å². The Kier molecular flexibility index (Phi) is 4.33. The highest BCUT2D eigenvalue weighted by molar-refractivity contribution is 7.20. The van der Waals surface area contributed by atoms with E-state index in [-0.39, 0.29) is 11.7 Å². The molecule has 2 aromatic carbocycles. The number of aromatic nitrogens is 1. The van der Waals surface area contributed by atoms with Crippen LogP contribution in [0.15, 0.2) is 60.8 Å². The highest BCUT2D eigenvalue weighted by Crippen LogP contribution is 2.36. The number of nitrogens with one attached hydrogen (secondary N) is 1. The molecule has 3 N–H and O–H groups in total. The maximum absolute atomic E-state index is 13.3. The lowest BCUT2D eigenvalue weighted by molar-refractivity contribution is 0.103. The number of thiophene rings is 1. The van der Waals surface area contributed by atoms with E-state index < -0.39 is 0 Å². The number of nitrogens with zero attached hydrogens (tertiary/aromatic N) is 1. The number of halogens is 1. The van der Waals surface area contributed by atoms with Crippen LogP contribution in [0.3, 0.4) is 0 Å². The molecule has 0 saturated heterocycles. The summed E-state index contributed by atoms with van der Waals surface area (Å²) in [5.41, 5.74) is 9.73. The molecule has 0 spiro atoms. The first-order valence-corrected chi connectivity index (χ1v) is 9.15. The number of carbonyl (C=O) groups is 1. The minimum absolute atomic E-state index is 0.232. The van der Waals surface area contributed by atoms with E-state index in [1.165, 1.54) is 23.5 Å². The average molecular weight is 377 g/mol. The molecule has 0 unspecified atom stereocenters. The van der Waals surface area contributed by atoms with Gasteiger partial charge in [0.05, 0.1) is 10.6 Å². The number of rotatable bonds is 3. The van der Waals surface area contributed by atoms with Crippen molar-refractivity contribution in [3.63, 3.8) is 0 Å². The zero-order valence-corrected chi connectivity index (χ0v) is 15.3. The van der Waals surface area contributed by atoms with Gasteiger partial charge in [0.2, 0.25) is 0 Å². The molecule has 2 heterocycles. The third-order valence-electron chi connectivity index (χ3n) is 4.36. The van der Waals surface area contributed by atoms with Crippen LogP contribution in [0.1, 0.15) is 15.2 Å². The molecule has 0 bridgehead atoms. The number of benzene rings is 2. The van der Waals surface area contributed by atoms with Gasteiger partial charge in [-0.1, -0.05) is 24.3 Å².